The number of halogens is 2. The van der Waals surface area contributed by atoms with Gasteiger partial charge in [-0.3, -0.25) is 0 Å². The van der Waals surface area contributed by atoms with Crippen molar-refractivity contribution < 1.29 is 4.39 Å². The molecule has 0 atom stereocenters. The fourth-order valence-electron chi connectivity index (χ4n) is 0.680. The maximum atomic E-state index is 12.4. The molecule has 1 aromatic rings. The summed E-state index contributed by atoms with van der Waals surface area (Å²) in [6, 6.07) is 1.43. The largest absolute Gasteiger partial charge is 0.228 e. The van der Waals surface area contributed by atoms with Gasteiger partial charge < -0.3 is 0 Å². The van der Waals surface area contributed by atoms with Gasteiger partial charge in [0, 0.05) is 11.5 Å². The van der Waals surface area contributed by atoms with E-state index < -0.39 is 5.95 Å². The second-order valence-corrected chi connectivity index (χ2v) is 2.63. The van der Waals surface area contributed by atoms with Crippen molar-refractivity contribution in [2.24, 2.45) is 0 Å². The Morgan fingerprint density at radius 1 is 1.70 bits per heavy atom. The van der Waals surface area contributed by atoms with Crippen molar-refractivity contribution in [1.82, 2.24) is 4.98 Å². The molecule has 0 aliphatic rings. The Kier molecular flexibility index (Phi) is 2.38. The molecule has 10 heavy (non-hydrogen) atoms. The highest BCUT2D eigenvalue weighted by Gasteiger charge is 1.97. The third-order valence-electron chi connectivity index (χ3n) is 1.33. The first kappa shape index (κ1) is 7.66. The van der Waals surface area contributed by atoms with Gasteiger partial charge in [0.15, 0.2) is 0 Å². The molecule has 54 valence electrons. The molecule has 0 aromatic carbocycles. The quantitative estimate of drug-likeness (QED) is 0.505. The summed E-state index contributed by atoms with van der Waals surface area (Å²) in [5, 5.41) is 0.679. The van der Waals surface area contributed by atoms with Crippen molar-refractivity contribution in [2.75, 3.05) is 0 Å². The lowest BCUT2D eigenvalue weighted by Gasteiger charge is -1.98. The molecule has 0 aliphatic heterocycles. The van der Waals surface area contributed by atoms with E-state index in [2.05, 4.69) is 20.9 Å². The number of rotatable bonds is 1. The monoisotopic (exact) mass is 203 g/mol. The third-order valence-corrected chi connectivity index (χ3v) is 1.93. The summed E-state index contributed by atoms with van der Waals surface area (Å²) < 4.78 is 12.4. The molecule has 0 spiro atoms. The van der Waals surface area contributed by atoms with E-state index in [0.717, 1.165) is 11.1 Å². The topological polar surface area (TPSA) is 12.9 Å². The van der Waals surface area contributed by atoms with Crippen LogP contribution in [0.15, 0.2) is 12.3 Å². The molecule has 1 aromatic heterocycles. The van der Waals surface area contributed by atoms with Crippen molar-refractivity contribution in [1.29, 1.82) is 0 Å². The van der Waals surface area contributed by atoms with Gasteiger partial charge in [-0.25, -0.2) is 4.98 Å². The van der Waals surface area contributed by atoms with E-state index >= 15 is 0 Å². The molecule has 1 rings (SSSR count). The van der Waals surface area contributed by atoms with Crippen molar-refractivity contribution in [2.45, 2.75) is 12.3 Å². The number of alkyl halides is 1. The predicted molar refractivity (Wildman–Crippen MR) is 41.6 cm³/mol. The van der Waals surface area contributed by atoms with Crippen LogP contribution < -0.4 is 0 Å². The van der Waals surface area contributed by atoms with Gasteiger partial charge in [-0.05, 0) is 24.1 Å². The molecule has 0 saturated heterocycles. The molecule has 0 amide bonds. The van der Waals surface area contributed by atoms with Gasteiger partial charge in [0.2, 0.25) is 5.95 Å². The lowest BCUT2D eigenvalue weighted by atomic mass is 10.2. The molecule has 0 radical (unpaired) electrons. The number of hydrogen-bond donors (Lipinski definition) is 0. The summed E-state index contributed by atoms with van der Waals surface area (Å²) in [7, 11) is 0. The lowest BCUT2D eigenvalue weighted by Crippen LogP contribution is -1.89. The molecule has 3 heteroatoms. The smallest absolute Gasteiger partial charge is 0.213 e. The van der Waals surface area contributed by atoms with Crippen LogP contribution in [0, 0.1) is 12.9 Å². The number of aromatic nitrogens is 1. The van der Waals surface area contributed by atoms with Gasteiger partial charge in [0.1, 0.15) is 0 Å². The van der Waals surface area contributed by atoms with Crippen LogP contribution in [0.2, 0.25) is 0 Å². The minimum Gasteiger partial charge on any atom is -0.228 e. The van der Waals surface area contributed by atoms with Gasteiger partial charge in [0.05, 0.1) is 0 Å². The summed E-state index contributed by atoms with van der Waals surface area (Å²) in [5.41, 5.74) is 1.96. The molecule has 1 heterocycles. The molecular weight excluding hydrogens is 197 g/mol. The van der Waals surface area contributed by atoms with Crippen molar-refractivity contribution in [3.05, 3.63) is 29.3 Å². The van der Waals surface area contributed by atoms with Crippen LogP contribution in [0.5, 0.6) is 0 Å². The Bertz CT molecular complexity index is 237. The van der Waals surface area contributed by atoms with Gasteiger partial charge in [-0.15, -0.1) is 0 Å². The number of pyridine rings is 1. The first-order chi connectivity index (χ1) is 4.74. The summed E-state index contributed by atoms with van der Waals surface area (Å²) in [4.78, 5) is 3.50. The summed E-state index contributed by atoms with van der Waals surface area (Å²) >= 11 is 3.25. The second-order valence-electron chi connectivity index (χ2n) is 2.07. The average molecular weight is 204 g/mol. The molecule has 0 N–H and O–H groups in total. The van der Waals surface area contributed by atoms with E-state index in [0.29, 0.717) is 5.33 Å². The Morgan fingerprint density at radius 2 is 2.40 bits per heavy atom. The average Bonchev–Trinajstić information content (AvgIpc) is 1.94. The standard InChI is InChI=1S/C7H7BrFN/c1-5-4-10-7(9)2-6(5)3-8/h2,4H,3H2,1H3. The van der Waals surface area contributed by atoms with Crippen molar-refractivity contribution in [3.8, 4) is 0 Å². The van der Waals surface area contributed by atoms with E-state index in [4.69, 9.17) is 0 Å². The molecule has 0 unspecified atom stereocenters. The molecule has 0 fully saturated rings. The minimum absolute atomic E-state index is 0.417. The summed E-state index contributed by atoms with van der Waals surface area (Å²) in [6.45, 7) is 1.91. The maximum Gasteiger partial charge on any atom is 0.213 e. The number of hydrogen-bond acceptors (Lipinski definition) is 1. The predicted octanol–water partition coefficient (Wildman–Crippen LogP) is 2.42. The van der Waals surface area contributed by atoms with Crippen LogP contribution in [0.3, 0.4) is 0 Å². The molecule has 0 aliphatic carbocycles. The van der Waals surface area contributed by atoms with Crippen molar-refractivity contribution >= 4 is 15.9 Å². The van der Waals surface area contributed by atoms with Crippen LogP contribution >= 0.6 is 15.9 Å². The van der Waals surface area contributed by atoms with E-state index in [1.54, 1.807) is 0 Å². The van der Waals surface area contributed by atoms with E-state index in [1.807, 2.05) is 6.92 Å². The van der Waals surface area contributed by atoms with Crippen LogP contribution in [-0.4, -0.2) is 4.98 Å². The van der Waals surface area contributed by atoms with Gasteiger partial charge in [-0.2, -0.15) is 4.39 Å². The highest BCUT2D eigenvalue weighted by molar-refractivity contribution is 9.08. The van der Waals surface area contributed by atoms with Crippen LogP contribution in [0.4, 0.5) is 4.39 Å². The van der Waals surface area contributed by atoms with Gasteiger partial charge in [0.25, 0.3) is 0 Å². The molecule has 0 saturated carbocycles. The van der Waals surface area contributed by atoms with Crippen LogP contribution in [0.25, 0.3) is 0 Å². The fraction of sp³-hybridized carbons (Fsp3) is 0.286. The Balaban J connectivity index is 3.09. The first-order valence-electron chi connectivity index (χ1n) is 2.91. The zero-order chi connectivity index (χ0) is 7.56. The Morgan fingerprint density at radius 3 is 2.90 bits per heavy atom. The Labute approximate surface area is 67.4 Å². The number of aryl methyl sites for hydroxylation is 1. The number of nitrogens with zero attached hydrogens (tertiary/aromatic N) is 1. The SMILES string of the molecule is Cc1cnc(F)cc1CBr. The molecule has 1 nitrogen and oxygen atoms in total. The summed E-state index contributed by atoms with van der Waals surface area (Å²) in [6.07, 6.45) is 1.53. The van der Waals surface area contributed by atoms with Crippen LogP contribution in [0.1, 0.15) is 11.1 Å². The highest BCUT2D eigenvalue weighted by atomic mass is 79.9. The van der Waals surface area contributed by atoms with Crippen LogP contribution in [-0.2, 0) is 5.33 Å². The summed E-state index contributed by atoms with van der Waals surface area (Å²) in [5.74, 6) is -0.417. The Hall–Kier alpha value is -0.440. The normalized spacial score (nSPS) is 9.90. The zero-order valence-electron chi connectivity index (χ0n) is 5.56. The minimum atomic E-state index is -0.417. The molecule has 0 bridgehead atoms. The van der Waals surface area contributed by atoms with E-state index in [-0.39, 0.29) is 0 Å². The fourth-order valence-corrected chi connectivity index (χ4v) is 1.28. The maximum absolute atomic E-state index is 12.4. The highest BCUT2D eigenvalue weighted by Crippen LogP contribution is 2.10. The first-order valence-corrected chi connectivity index (χ1v) is 4.03. The molecular formula is C7H7BrFN. The van der Waals surface area contributed by atoms with Crippen molar-refractivity contribution in [3.63, 3.8) is 0 Å². The third kappa shape index (κ3) is 1.53. The van der Waals surface area contributed by atoms with Gasteiger partial charge in [-0.1, -0.05) is 15.9 Å². The van der Waals surface area contributed by atoms with E-state index in [9.17, 15) is 4.39 Å². The second kappa shape index (κ2) is 3.10. The lowest BCUT2D eigenvalue weighted by molar-refractivity contribution is 0.581. The zero-order valence-corrected chi connectivity index (χ0v) is 7.15. The van der Waals surface area contributed by atoms with E-state index in [1.165, 1.54) is 12.3 Å². The van der Waals surface area contributed by atoms with Gasteiger partial charge >= 0.3 is 0 Å².